The zero-order valence-corrected chi connectivity index (χ0v) is 14.3. The van der Waals surface area contributed by atoms with Crippen molar-refractivity contribution in [1.29, 1.82) is 0 Å². The molecule has 1 atom stereocenters. The monoisotopic (exact) mass is 317 g/mol. The first-order valence-electron chi connectivity index (χ1n) is 8.42. The van der Waals surface area contributed by atoms with E-state index in [1.54, 1.807) is 0 Å². The molecule has 0 saturated heterocycles. The van der Waals surface area contributed by atoms with E-state index in [1.165, 1.54) is 5.69 Å². The van der Waals surface area contributed by atoms with Gasteiger partial charge in [0.2, 0.25) is 11.8 Å². The smallest absolute Gasteiger partial charge is 0.242 e. The van der Waals surface area contributed by atoms with E-state index < -0.39 is 0 Å². The average molecular weight is 317 g/mol. The zero-order valence-electron chi connectivity index (χ0n) is 14.3. The van der Waals surface area contributed by atoms with Gasteiger partial charge in [0.15, 0.2) is 0 Å². The standard InChI is InChI=1S/C18H27N3O2/c1-4-8-17(22)19-11-18(23)21-12-14-9-6-7-10-16(14)20(3)13-15(21)5-2/h6-7,9-10,15H,4-5,8,11-13H2,1-3H3,(H,19,22). The normalized spacial score (nSPS) is 17.4. The molecule has 1 aromatic rings. The van der Waals surface area contributed by atoms with Crippen LogP contribution >= 0.6 is 0 Å². The van der Waals surface area contributed by atoms with Crippen LogP contribution in [0.2, 0.25) is 0 Å². The fraction of sp³-hybridized carbons (Fsp3) is 0.556. The SMILES string of the molecule is CCCC(=O)NCC(=O)N1Cc2ccccc2N(C)CC1CC. The highest BCUT2D eigenvalue weighted by Gasteiger charge is 2.28. The van der Waals surface area contributed by atoms with Gasteiger partial charge in [-0.1, -0.05) is 32.0 Å². The Balaban J connectivity index is 2.12. The number of benzene rings is 1. The lowest BCUT2D eigenvalue weighted by Gasteiger charge is -2.30. The number of para-hydroxylation sites is 1. The van der Waals surface area contributed by atoms with Crippen LogP contribution in [0.4, 0.5) is 5.69 Å². The van der Waals surface area contributed by atoms with E-state index in [1.807, 2.05) is 24.0 Å². The maximum Gasteiger partial charge on any atom is 0.242 e. The number of amides is 2. The third-order valence-corrected chi connectivity index (χ3v) is 4.37. The van der Waals surface area contributed by atoms with Crippen molar-refractivity contribution in [2.24, 2.45) is 0 Å². The third-order valence-electron chi connectivity index (χ3n) is 4.37. The Labute approximate surface area is 138 Å². The molecule has 0 aromatic heterocycles. The second-order valence-electron chi connectivity index (χ2n) is 6.12. The molecule has 1 aliphatic heterocycles. The molecular formula is C18H27N3O2. The van der Waals surface area contributed by atoms with Crippen molar-refractivity contribution < 1.29 is 9.59 Å². The first kappa shape index (κ1) is 17.3. The lowest BCUT2D eigenvalue weighted by Crippen LogP contribution is -2.47. The largest absolute Gasteiger partial charge is 0.372 e. The molecule has 0 spiro atoms. The molecule has 126 valence electrons. The van der Waals surface area contributed by atoms with Gasteiger partial charge < -0.3 is 15.1 Å². The van der Waals surface area contributed by atoms with E-state index in [2.05, 4.69) is 36.3 Å². The second kappa shape index (κ2) is 7.99. The number of anilines is 1. The highest BCUT2D eigenvalue weighted by atomic mass is 16.2. The summed E-state index contributed by atoms with van der Waals surface area (Å²) in [6, 6.07) is 8.35. The summed E-state index contributed by atoms with van der Waals surface area (Å²) in [5.41, 5.74) is 2.33. The van der Waals surface area contributed by atoms with E-state index in [4.69, 9.17) is 0 Å². The number of hydrogen-bond acceptors (Lipinski definition) is 3. The summed E-state index contributed by atoms with van der Waals surface area (Å²) >= 11 is 0. The molecule has 1 aromatic carbocycles. The molecule has 0 aliphatic carbocycles. The minimum Gasteiger partial charge on any atom is -0.372 e. The number of hydrogen-bond donors (Lipinski definition) is 1. The molecule has 2 rings (SSSR count). The quantitative estimate of drug-likeness (QED) is 0.905. The molecule has 23 heavy (non-hydrogen) atoms. The minimum atomic E-state index is -0.0544. The van der Waals surface area contributed by atoms with Crippen molar-refractivity contribution in [2.45, 2.75) is 45.7 Å². The molecular weight excluding hydrogens is 290 g/mol. The van der Waals surface area contributed by atoms with E-state index in [0.29, 0.717) is 13.0 Å². The van der Waals surface area contributed by atoms with Gasteiger partial charge in [-0.15, -0.1) is 0 Å². The van der Waals surface area contributed by atoms with Crippen molar-refractivity contribution in [3.8, 4) is 0 Å². The van der Waals surface area contributed by atoms with E-state index in [-0.39, 0.29) is 24.4 Å². The fourth-order valence-electron chi connectivity index (χ4n) is 3.08. The Morgan fingerprint density at radius 2 is 2.00 bits per heavy atom. The summed E-state index contributed by atoms with van der Waals surface area (Å²) in [5, 5.41) is 2.74. The Morgan fingerprint density at radius 1 is 1.26 bits per heavy atom. The van der Waals surface area contributed by atoms with Crippen LogP contribution in [0.3, 0.4) is 0 Å². The molecule has 1 aliphatic rings. The highest BCUT2D eigenvalue weighted by molar-refractivity contribution is 5.85. The molecule has 0 fully saturated rings. The summed E-state index contributed by atoms with van der Waals surface area (Å²) < 4.78 is 0. The molecule has 1 unspecified atom stereocenters. The van der Waals surface area contributed by atoms with Gasteiger partial charge in [-0.25, -0.2) is 0 Å². The van der Waals surface area contributed by atoms with Gasteiger partial charge in [0.05, 0.1) is 6.54 Å². The molecule has 1 heterocycles. The summed E-state index contributed by atoms with van der Waals surface area (Å²) in [6.45, 7) is 5.55. The van der Waals surface area contributed by atoms with Crippen LogP contribution < -0.4 is 10.2 Å². The van der Waals surface area contributed by atoms with E-state index in [9.17, 15) is 9.59 Å². The number of carbonyl (C=O) groups is 2. The second-order valence-corrected chi connectivity index (χ2v) is 6.12. The number of carbonyl (C=O) groups excluding carboxylic acids is 2. The van der Waals surface area contributed by atoms with Gasteiger partial charge in [-0.2, -0.15) is 0 Å². The van der Waals surface area contributed by atoms with Gasteiger partial charge in [0, 0.05) is 38.3 Å². The molecule has 1 N–H and O–H groups in total. The van der Waals surface area contributed by atoms with E-state index >= 15 is 0 Å². The van der Waals surface area contributed by atoms with Gasteiger partial charge in [0.1, 0.15) is 0 Å². The average Bonchev–Trinajstić information content (AvgIpc) is 2.70. The van der Waals surface area contributed by atoms with Crippen LogP contribution in [0.25, 0.3) is 0 Å². The van der Waals surface area contributed by atoms with Crippen LogP contribution in [0, 0.1) is 0 Å². The Kier molecular flexibility index (Phi) is 6.02. The first-order valence-corrected chi connectivity index (χ1v) is 8.42. The third kappa shape index (κ3) is 4.24. The number of fused-ring (bicyclic) bond motifs is 1. The number of likely N-dealkylation sites (N-methyl/N-ethyl adjacent to an activating group) is 1. The predicted molar refractivity (Wildman–Crippen MR) is 92.3 cm³/mol. The highest BCUT2D eigenvalue weighted by Crippen LogP contribution is 2.26. The summed E-state index contributed by atoms with van der Waals surface area (Å²) in [5.74, 6) is -0.0624. The van der Waals surface area contributed by atoms with Crippen molar-refractivity contribution in [3.63, 3.8) is 0 Å². The molecule has 5 nitrogen and oxygen atoms in total. The summed E-state index contributed by atoms with van der Waals surface area (Å²) in [7, 11) is 2.07. The maximum atomic E-state index is 12.6. The Bertz CT molecular complexity index is 559. The van der Waals surface area contributed by atoms with Crippen LogP contribution in [0.1, 0.15) is 38.7 Å². The van der Waals surface area contributed by atoms with Crippen LogP contribution in [-0.2, 0) is 16.1 Å². The maximum absolute atomic E-state index is 12.6. The van der Waals surface area contributed by atoms with Crippen LogP contribution in [0.15, 0.2) is 24.3 Å². The van der Waals surface area contributed by atoms with Gasteiger partial charge >= 0.3 is 0 Å². The van der Waals surface area contributed by atoms with Gasteiger partial charge in [0.25, 0.3) is 0 Å². The van der Waals surface area contributed by atoms with Crippen molar-refractivity contribution in [2.75, 3.05) is 25.0 Å². The zero-order chi connectivity index (χ0) is 16.8. The topological polar surface area (TPSA) is 52.7 Å². The van der Waals surface area contributed by atoms with Crippen molar-refractivity contribution in [3.05, 3.63) is 29.8 Å². The molecule has 0 bridgehead atoms. The molecule has 0 saturated carbocycles. The van der Waals surface area contributed by atoms with Crippen molar-refractivity contribution in [1.82, 2.24) is 10.2 Å². The van der Waals surface area contributed by atoms with Crippen LogP contribution in [0.5, 0.6) is 0 Å². The Morgan fingerprint density at radius 3 is 2.70 bits per heavy atom. The lowest BCUT2D eigenvalue weighted by molar-refractivity contribution is -0.135. The lowest BCUT2D eigenvalue weighted by atomic mass is 10.1. The Hall–Kier alpha value is -2.04. The van der Waals surface area contributed by atoms with Crippen molar-refractivity contribution >= 4 is 17.5 Å². The number of rotatable bonds is 5. The van der Waals surface area contributed by atoms with E-state index in [0.717, 1.165) is 24.9 Å². The molecule has 5 heteroatoms. The number of nitrogens with zero attached hydrogens (tertiary/aromatic N) is 2. The van der Waals surface area contributed by atoms with Gasteiger partial charge in [-0.05, 0) is 24.5 Å². The first-order chi connectivity index (χ1) is 11.1. The van der Waals surface area contributed by atoms with Gasteiger partial charge in [-0.3, -0.25) is 9.59 Å². The molecule has 0 radical (unpaired) electrons. The summed E-state index contributed by atoms with van der Waals surface area (Å²) in [4.78, 5) is 28.4. The fourth-order valence-corrected chi connectivity index (χ4v) is 3.08. The van der Waals surface area contributed by atoms with Crippen LogP contribution in [-0.4, -0.2) is 42.9 Å². The molecule has 2 amide bonds. The predicted octanol–water partition coefficient (Wildman–Crippen LogP) is 2.16. The minimum absolute atomic E-state index is 0.00796. The number of nitrogens with one attached hydrogen (secondary N) is 1. The summed E-state index contributed by atoms with van der Waals surface area (Å²) in [6.07, 6.45) is 2.16.